The van der Waals surface area contributed by atoms with Crippen molar-refractivity contribution in [3.05, 3.63) is 64.2 Å². The van der Waals surface area contributed by atoms with Gasteiger partial charge in [-0.1, -0.05) is 51.5 Å². The molecular formula is C20H24O2. The zero-order valence-corrected chi connectivity index (χ0v) is 14.0. The van der Waals surface area contributed by atoms with E-state index in [-0.39, 0.29) is 17.6 Å². The third kappa shape index (κ3) is 3.22. The minimum Gasteiger partial charge on any atom is -0.507 e. The predicted octanol–water partition coefficient (Wildman–Crippen LogP) is 5.18. The molecule has 1 N–H and O–H groups in total. The Morgan fingerprint density at radius 2 is 1.45 bits per heavy atom. The van der Waals surface area contributed by atoms with Gasteiger partial charge in [-0.05, 0) is 48.1 Å². The Balaban J connectivity index is 2.57. The number of aromatic hydroxyl groups is 1. The van der Waals surface area contributed by atoms with Crippen LogP contribution in [0.4, 0.5) is 0 Å². The largest absolute Gasteiger partial charge is 0.507 e. The van der Waals surface area contributed by atoms with Crippen molar-refractivity contribution in [3.8, 4) is 5.75 Å². The van der Waals surface area contributed by atoms with Crippen molar-refractivity contribution in [2.45, 2.75) is 46.5 Å². The van der Waals surface area contributed by atoms with Crippen LogP contribution in [0.15, 0.2) is 36.4 Å². The summed E-state index contributed by atoms with van der Waals surface area (Å²) in [7, 11) is 0. The van der Waals surface area contributed by atoms with E-state index in [1.54, 1.807) is 0 Å². The highest BCUT2D eigenvalue weighted by molar-refractivity contribution is 6.09. The van der Waals surface area contributed by atoms with Crippen molar-refractivity contribution in [2.75, 3.05) is 0 Å². The van der Waals surface area contributed by atoms with Gasteiger partial charge in [0, 0.05) is 11.1 Å². The summed E-state index contributed by atoms with van der Waals surface area (Å²) in [5, 5.41) is 10.4. The normalized spacial score (nSPS) is 11.2. The van der Waals surface area contributed by atoms with E-state index >= 15 is 0 Å². The Bertz CT molecular complexity index is 668. The van der Waals surface area contributed by atoms with E-state index in [4.69, 9.17) is 0 Å². The molecule has 0 atom stereocenters. The number of aryl methyl sites for hydroxylation is 1. The molecule has 0 aromatic heterocycles. The second-order valence-electron chi connectivity index (χ2n) is 6.51. The Hall–Kier alpha value is -2.09. The van der Waals surface area contributed by atoms with Crippen molar-refractivity contribution in [2.24, 2.45) is 0 Å². The van der Waals surface area contributed by atoms with E-state index in [0.29, 0.717) is 16.9 Å². The molecule has 0 radical (unpaired) electrons. The van der Waals surface area contributed by atoms with E-state index in [0.717, 1.165) is 16.7 Å². The van der Waals surface area contributed by atoms with Gasteiger partial charge in [0.05, 0.1) is 0 Å². The first-order chi connectivity index (χ1) is 10.3. The predicted molar refractivity (Wildman–Crippen MR) is 90.9 cm³/mol. The number of ketones is 1. The summed E-state index contributed by atoms with van der Waals surface area (Å²) in [5.41, 5.74) is 4.08. The van der Waals surface area contributed by atoms with E-state index in [9.17, 15) is 9.90 Å². The molecule has 0 amide bonds. The summed E-state index contributed by atoms with van der Waals surface area (Å²) in [6.07, 6.45) is 0. The summed E-state index contributed by atoms with van der Waals surface area (Å²) in [6, 6.07) is 11.3. The first-order valence-corrected chi connectivity index (χ1v) is 7.79. The van der Waals surface area contributed by atoms with Crippen LogP contribution in [0.25, 0.3) is 0 Å². The van der Waals surface area contributed by atoms with Crippen LogP contribution in [-0.4, -0.2) is 10.9 Å². The first-order valence-electron chi connectivity index (χ1n) is 7.79. The van der Waals surface area contributed by atoms with Crippen LogP contribution in [0, 0.1) is 6.92 Å². The number of rotatable bonds is 4. The molecule has 0 heterocycles. The molecule has 2 rings (SSSR count). The number of phenols is 1. The highest BCUT2D eigenvalue weighted by Crippen LogP contribution is 2.35. The summed E-state index contributed by atoms with van der Waals surface area (Å²) in [5.74, 6) is 0.670. The van der Waals surface area contributed by atoms with Gasteiger partial charge < -0.3 is 5.11 Å². The Morgan fingerprint density at radius 3 is 1.91 bits per heavy atom. The van der Waals surface area contributed by atoms with E-state index in [2.05, 4.69) is 0 Å². The summed E-state index contributed by atoms with van der Waals surface area (Å²) >= 11 is 0. The van der Waals surface area contributed by atoms with Gasteiger partial charge in [-0.3, -0.25) is 4.79 Å². The number of phenolic OH excluding ortho intramolecular Hbond substituents is 1. The third-order valence-corrected chi connectivity index (χ3v) is 3.96. The molecule has 0 bridgehead atoms. The van der Waals surface area contributed by atoms with Crippen molar-refractivity contribution in [3.63, 3.8) is 0 Å². The standard InChI is InChI=1S/C20H24O2/c1-12(2)17-10-16(11-18(13(3)4)20(17)22)19(21)15-8-6-7-14(5)9-15/h6-13,22H,1-5H3. The third-order valence-electron chi connectivity index (χ3n) is 3.96. The highest BCUT2D eigenvalue weighted by Gasteiger charge is 2.18. The zero-order valence-electron chi connectivity index (χ0n) is 14.0. The molecule has 0 unspecified atom stereocenters. The molecule has 2 aromatic carbocycles. The Morgan fingerprint density at radius 1 is 0.909 bits per heavy atom. The molecule has 0 aliphatic heterocycles. The molecular weight excluding hydrogens is 272 g/mol. The fourth-order valence-corrected chi connectivity index (χ4v) is 2.64. The van der Waals surface area contributed by atoms with Crippen molar-refractivity contribution in [1.82, 2.24) is 0 Å². The fraction of sp³-hybridized carbons (Fsp3) is 0.350. The molecule has 2 nitrogen and oxygen atoms in total. The van der Waals surface area contributed by atoms with E-state index in [1.807, 2.05) is 71.0 Å². The summed E-state index contributed by atoms with van der Waals surface area (Å²) in [4.78, 5) is 12.8. The minimum atomic E-state index is 0.00694. The second-order valence-corrected chi connectivity index (χ2v) is 6.51. The summed E-state index contributed by atoms with van der Waals surface area (Å²) in [6.45, 7) is 10.1. The first kappa shape index (κ1) is 16.3. The van der Waals surface area contributed by atoms with Gasteiger partial charge in [0.1, 0.15) is 5.75 Å². The lowest BCUT2D eigenvalue weighted by Crippen LogP contribution is -2.06. The van der Waals surface area contributed by atoms with Crippen LogP contribution in [0.1, 0.15) is 72.1 Å². The highest BCUT2D eigenvalue weighted by atomic mass is 16.3. The van der Waals surface area contributed by atoms with Gasteiger partial charge in [-0.2, -0.15) is 0 Å². The molecule has 0 saturated carbocycles. The lowest BCUT2D eigenvalue weighted by Gasteiger charge is -2.17. The number of hydrogen-bond acceptors (Lipinski definition) is 2. The van der Waals surface area contributed by atoms with E-state index in [1.165, 1.54) is 0 Å². The number of carbonyl (C=O) groups excluding carboxylic acids is 1. The van der Waals surface area contributed by atoms with Crippen molar-refractivity contribution in [1.29, 1.82) is 0 Å². The van der Waals surface area contributed by atoms with Gasteiger partial charge in [-0.15, -0.1) is 0 Å². The number of carbonyl (C=O) groups is 1. The lowest BCUT2D eigenvalue weighted by atomic mass is 9.89. The maximum Gasteiger partial charge on any atom is 0.193 e. The second kappa shape index (κ2) is 6.35. The maximum absolute atomic E-state index is 12.8. The monoisotopic (exact) mass is 296 g/mol. The van der Waals surface area contributed by atoms with Crippen molar-refractivity contribution >= 4 is 5.78 Å². The molecule has 2 heteroatoms. The van der Waals surface area contributed by atoms with Crippen LogP contribution < -0.4 is 0 Å². The minimum absolute atomic E-state index is 0.00694. The molecule has 0 fully saturated rings. The zero-order chi connectivity index (χ0) is 16.4. The van der Waals surface area contributed by atoms with Gasteiger partial charge in [0.2, 0.25) is 0 Å². The van der Waals surface area contributed by atoms with Crippen molar-refractivity contribution < 1.29 is 9.90 Å². The Kier molecular flexibility index (Phi) is 4.70. The topological polar surface area (TPSA) is 37.3 Å². The van der Waals surface area contributed by atoms with Crippen LogP contribution in [0.2, 0.25) is 0 Å². The van der Waals surface area contributed by atoms with Crippen LogP contribution in [0.3, 0.4) is 0 Å². The number of hydrogen-bond donors (Lipinski definition) is 1. The maximum atomic E-state index is 12.8. The average molecular weight is 296 g/mol. The quantitative estimate of drug-likeness (QED) is 0.789. The molecule has 0 aliphatic rings. The molecule has 0 aliphatic carbocycles. The fourth-order valence-electron chi connectivity index (χ4n) is 2.64. The lowest BCUT2D eigenvalue weighted by molar-refractivity contribution is 0.103. The molecule has 116 valence electrons. The van der Waals surface area contributed by atoms with Crippen LogP contribution >= 0.6 is 0 Å². The molecule has 22 heavy (non-hydrogen) atoms. The van der Waals surface area contributed by atoms with Gasteiger partial charge in [0.15, 0.2) is 5.78 Å². The molecule has 0 spiro atoms. The Labute approximate surface area is 132 Å². The number of benzene rings is 2. The smallest absolute Gasteiger partial charge is 0.193 e. The van der Waals surface area contributed by atoms with Crippen LogP contribution in [0.5, 0.6) is 5.75 Å². The van der Waals surface area contributed by atoms with E-state index < -0.39 is 0 Å². The summed E-state index contributed by atoms with van der Waals surface area (Å²) < 4.78 is 0. The van der Waals surface area contributed by atoms with Gasteiger partial charge >= 0.3 is 0 Å². The molecule has 2 aromatic rings. The molecule has 0 saturated heterocycles. The van der Waals surface area contributed by atoms with Crippen LogP contribution in [-0.2, 0) is 0 Å². The van der Waals surface area contributed by atoms with Gasteiger partial charge in [0.25, 0.3) is 0 Å². The van der Waals surface area contributed by atoms with Gasteiger partial charge in [-0.25, -0.2) is 0 Å². The average Bonchev–Trinajstić information content (AvgIpc) is 2.46. The SMILES string of the molecule is Cc1cccc(C(=O)c2cc(C(C)C)c(O)c(C(C)C)c2)c1.